The summed E-state index contributed by atoms with van der Waals surface area (Å²) in [6.45, 7) is 3.41. The Bertz CT molecular complexity index is 114. The lowest BCUT2D eigenvalue weighted by atomic mass is 9.96. The minimum atomic E-state index is 0.207. The van der Waals surface area contributed by atoms with Crippen LogP contribution in [0.1, 0.15) is 26.2 Å². The smallest absolute Gasteiger partial charge is 0.138 e. The molecule has 0 bridgehead atoms. The molecule has 0 N–H and O–H groups in total. The van der Waals surface area contributed by atoms with Crippen LogP contribution in [-0.4, -0.2) is 19.0 Å². The molecule has 0 unspecified atom stereocenters. The number of carbonyl (C=O) groups is 1. The van der Waals surface area contributed by atoms with Crippen molar-refractivity contribution in [3.05, 3.63) is 0 Å². The molecule has 0 saturated carbocycles. The Morgan fingerprint density at radius 1 is 1.70 bits per heavy atom. The number of carbonyl (C=O) groups excluding carboxylic acids is 1. The van der Waals surface area contributed by atoms with Crippen molar-refractivity contribution in [2.75, 3.05) is 13.2 Å². The fourth-order valence-corrected chi connectivity index (χ4v) is 1.28. The van der Waals surface area contributed by atoms with Crippen molar-refractivity contribution in [1.29, 1.82) is 0 Å². The molecular weight excluding hydrogens is 128 g/mol. The number of hydrogen-bond donors (Lipinski definition) is 0. The van der Waals surface area contributed by atoms with Crippen molar-refractivity contribution in [3.8, 4) is 0 Å². The Labute approximate surface area is 61.6 Å². The first-order chi connectivity index (χ1) is 4.84. The lowest BCUT2D eigenvalue weighted by molar-refractivity contribution is -0.126. The van der Waals surface area contributed by atoms with Crippen molar-refractivity contribution < 1.29 is 9.53 Å². The molecular formula is C8H14O2. The van der Waals surface area contributed by atoms with E-state index in [1.54, 1.807) is 0 Å². The lowest BCUT2D eigenvalue weighted by Crippen LogP contribution is -2.24. The van der Waals surface area contributed by atoms with Gasteiger partial charge in [-0.1, -0.05) is 6.92 Å². The molecule has 0 aliphatic carbocycles. The highest BCUT2D eigenvalue weighted by molar-refractivity contribution is 5.80. The first-order valence-corrected chi connectivity index (χ1v) is 3.95. The minimum absolute atomic E-state index is 0.207. The molecule has 2 nitrogen and oxygen atoms in total. The Balaban J connectivity index is 2.31. The third-order valence-corrected chi connectivity index (χ3v) is 1.96. The highest BCUT2D eigenvalue weighted by Gasteiger charge is 2.19. The maximum atomic E-state index is 11.1. The molecule has 2 heteroatoms. The van der Waals surface area contributed by atoms with Crippen molar-refractivity contribution >= 4 is 5.78 Å². The number of ketones is 1. The van der Waals surface area contributed by atoms with Gasteiger partial charge in [0.15, 0.2) is 0 Å². The molecule has 1 fully saturated rings. The zero-order valence-corrected chi connectivity index (χ0v) is 6.43. The second-order valence-electron chi connectivity index (χ2n) is 2.73. The molecule has 0 aromatic rings. The van der Waals surface area contributed by atoms with Crippen molar-refractivity contribution in [2.24, 2.45) is 5.92 Å². The van der Waals surface area contributed by atoms with E-state index < -0.39 is 0 Å². The maximum absolute atomic E-state index is 11.1. The predicted molar refractivity (Wildman–Crippen MR) is 38.8 cm³/mol. The van der Waals surface area contributed by atoms with E-state index in [9.17, 15) is 4.79 Å². The highest BCUT2D eigenvalue weighted by Crippen LogP contribution is 2.15. The molecule has 1 saturated heterocycles. The third-order valence-electron chi connectivity index (χ3n) is 1.96. The molecule has 0 aromatic carbocycles. The van der Waals surface area contributed by atoms with Gasteiger partial charge in [0.1, 0.15) is 5.78 Å². The van der Waals surface area contributed by atoms with Crippen LogP contribution in [0, 0.1) is 5.92 Å². The molecule has 0 radical (unpaired) electrons. The van der Waals surface area contributed by atoms with E-state index in [1.807, 2.05) is 6.92 Å². The van der Waals surface area contributed by atoms with Crippen LogP contribution in [0.25, 0.3) is 0 Å². The summed E-state index contributed by atoms with van der Waals surface area (Å²) in [5, 5.41) is 0. The monoisotopic (exact) mass is 142 g/mol. The van der Waals surface area contributed by atoms with E-state index in [-0.39, 0.29) is 5.92 Å². The molecule has 1 rings (SSSR count). The minimum Gasteiger partial charge on any atom is -0.381 e. The van der Waals surface area contributed by atoms with Gasteiger partial charge in [-0.2, -0.15) is 0 Å². The number of rotatable bonds is 2. The molecule has 0 spiro atoms. The SMILES string of the molecule is CCC(=O)[C@H]1CCCOC1. The van der Waals surface area contributed by atoms with Crippen LogP contribution < -0.4 is 0 Å². The first-order valence-electron chi connectivity index (χ1n) is 3.95. The van der Waals surface area contributed by atoms with E-state index in [2.05, 4.69) is 0 Å². The maximum Gasteiger partial charge on any atom is 0.138 e. The lowest BCUT2D eigenvalue weighted by Gasteiger charge is -2.19. The summed E-state index contributed by atoms with van der Waals surface area (Å²) in [6, 6.07) is 0. The van der Waals surface area contributed by atoms with E-state index in [0.29, 0.717) is 18.8 Å². The molecule has 1 aliphatic heterocycles. The molecule has 0 aromatic heterocycles. The van der Waals surface area contributed by atoms with Crippen LogP contribution in [0.2, 0.25) is 0 Å². The van der Waals surface area contributed by atoms with Crippen LogP contribution in [-0.2, 0) is 9.53 Å². The summed E-state index contributed by atoms with van der Waals surface area (Å²) in [4.78, 5) is 11.1. The molecule has 58 valence electrons. The Kier molecular flexibility index (Phi) is 2.87. The van der Waals surface area contributed by atoms with Crippen LogP contribution in [0.15, 0.2) is 0 Å². The summed E-state index contributed by atoms with van der Waals surface area (Å²) in [6.07, 6.45) is 2.75. The van der Waals surface area contributed by atoms with Crippen LogP contribution in [0.4, 0.5) is 0 Å². The first kappa shape index (κ1) is 7.73. The van der Waals surface area contributed by atoms with Gasteiger partial charge in [0, 0.05) is 18.9 Å². The van der Waals surface area contributed by atoms with Gasteiger partial charge < -0.3 is 4.74 Å². The third kappa shape index (κ3) is 1.81. The average Bonchev–Trinajstić information content (AvgIpc) is 2.05. The summed E-state index contributed by atoms with van der Waals surface area (Å²) in [5.74, 6) is 0.568. The molecule has 10 heavy (non-hydrogen) atoms. The molecule has 0 amide bonds. The second kappa shape index (κ2) is 3.71. The van der Waals surface area contributed by atoms with Gasteiger partial charge >= 0.3 is 0 Å². The Morgan fingerprint density at radius 2 is 2.50 bits per heavy atom. The van der Waals surface area contributed by atoms with Crippen molar-refractivity contribution in [3.63, 3.8) is 0 Å². The van der Waals surface area contributed by atoms with E-state index in [0.717, 1.165) is 19.4 Å². The Hall–Kier alpha value is -0.370. The highest BCUT2D eigenvalue weighted by atomic mass is 16.5. The van der Waals surface area contributed by atoms with Gasteiger partial charge in [0.25, 0.3) is 0 Å². The van der Waals surface area contributed by atoms with E-state index in [1.165, 1.54) is 0 Å². The fraction of sp³-hybridized carbons (Fsp3) is 0.875. The quantitative estimate of drug-likeness (QED) is 0.582. The molecule has 1 aliphatic rings. The average molecular weight is 142 g/mol. The number of hydrogen-bond acceptors (Lipinski definition) is 2. The standard InChI is InChI=1S/C8H14O2/c1-2-8(9)7-4-3-5-10-6-7/h7H,2-6H2,1H3/t7-/m0/s1. The molecule has 1 atom stereocenters. The fourth-order valence-electron chi connectivity index (χ4n) is 1.28. The normalized spacial score (nSPS) is 26.3. The van der Waals surface area contributed by atoms with Crippen molar-refractivity contribution in [2.45, 2.75) is 26.2 Å². The van der Waals surface area contributed by atoms with Crippen LogP contribution >= 0.6 is 0 Å². The summed E-state index contributed by atoms with van der Waals surface area (Å²) in [7, 11) is 0. The number of Topliss-reactive ketones (excluding diaryl/α,β-unsaturated/α-hetero) is 1. The Morgan fingerprint density at radius 3 is 3.00 bits per heavy atom. The van der Waals surface area contributed by atoms with Gasteiger partial charge in [-0.05, 0) is 12.8 Å². The van der Waals surface area contributed by atoms with Crippen molar-refractivity contribution in [1.82, 2.24) is 0 Å². The van der Waals surface area contributed by atoms with E-state index >= 15 is 0 Å². The van der Waals surface area contributed by atoms with Gasteiger partial charge in [-0.3, -0.25) is 4.79 Å². The second-order valence-corrected chi connectivity index (χ2v) is 2.73. The largest absolute Gasteiger partial charge is 0.381 e. The van der Waals surface area contributed by atoms with Gasteiger partial charge in [-0.25, -0.2) is 0 Å². The zero-order chi connectivity index (χ0) is 7.40. The summed E-state index contributed by atoms with van der Waals surface area (Å²) < 4.78 is 5.18. The van der Waals surface area contributed by atoms with Crippen LogP contribution in [0.5, 0.6) is 0 Å². The van der Waals surface area contributed by atoms with Gasteiger partial charge in [0.05, 0.1) is 6.61 Å². The number of ether oxygens (including phenoxy) is 1. The zero-order valence-electron chi connectivity index (χ0n) is 6.43. The van der Waals surface area contributed by atoms with Crippen LogP contribution in [0.3, 0.4) is 0 Å². The van der Waals surface area contributed by atoms with E-state index in [4.69, 9.17) is 4.74 Å². The van der Waals surface area contributed by atoms with Gasteiger partial charge in [0.2, 0.25) is 0 Å². The predicted octanol–water partition coefficient (Wildman–Crippen LogP) is 1.39. The summed E-state index contributed by atoms with van der Waals surface area (Å²) >= 11 is 0. The van der Waals surface area contributed by atoms with Gasteiger partial charge in [-0.15, -0.1) is 0 Å². The topological polar surface area (TPSA) is 26.3 Å². The summed E-state index contributed by atoms with van der Waals surface area (Å²) in [5.41, 5.74) is 0. The molecule has 1 heterocycles.